The largest absolute Gasteiger partial charge is 0.343 e. The lowest BCUT2D eigenvalue weighted by Crippen LogP contribution is -2.37. The van der Waals surface area contributed by atoms with Gasteiger partial charge in [0, 0.05) is 12.8 Å². The predicted octanol–water partition coefficient (Wildman–Crippen LogP) is -0.857. The van der Waals surface area contributed by atoms with Crippen LogP contribution in [0.15, 0.2) is 0 Å². The number of hydrogen-bond donors (Lipinski definition) is 0. The van der Waals surface area contributed by atoms with Gasteiger partial charge in [0.15, 0.2) is 11.6 Å². The molecule has 4 bridgehead atoms. The monoisotopic (exact) mass is 482 g/mol. The summed E-state index contributed by atoms with van der Waals surface area (Å²) < 4.78 is 28.7. The molecular weight excluding hydrogens is 464 g/mol. The fourth-order valence-corrected chi connectivity index (χ4v) is 4.99. The van der Waals surface area contributed by atoms with Crippen LogP contribution in [0.2, 0.25) is 0 Å². The third kappa shape index (κ3) is 3.20. The van der Waals surface area contributed by atoms with Crippen molar-refractivity contribution in [3.8, 4) is 0 Å². The minimum atomic E-state index is -0.781. The van der Waals surface area contributed by atoms with Crippen LogP contribution in [-0.2, 0) is 41.6 Å². The van der Waals surface area contributed by atoms with Crippen LogP contribution in [0.1, 0.15) is 24.9 Å². The SMILES string of the molecule is O=C1C[C@@H](n2nnn(CCn3nnn([C@@H]4CC(=O)[C@@H]5OC[C@H]4O5)c3=S)c2=S)[C@@H]2CO[C@@H]1O2. The average molecular weight is 483 g/mol. The Kier molecular flexibility index (Phi) is 4.88. The maximum absolute atomic E-state index is 12.1. The second kappa shape index (κ2) is 7.67. The number of ketones is 2. The number of hydrogen-bond acceptors (Lipinski definition) is 12. The molecule has 0 aromatic carbocycles. The molecule has 4 fully saturated rings. The smallest absolute Gasteiger partial charge is 0.218 e. The van der Waals surface area contributed by atoms with Crippen molar-refractivity contribution in [2.45, 2.75) is 62.8 Å². The van der Waals surface area contributed by atoms with Gasteiger partial charge in [-0.25, -0.2) is 18.7 Å². The quantitative estimate of drug-likeness (QED) is 0.490. The Morgan fingerprint density at radius 1 is 0.750 bits per heavy atom. The van der Waals surface area contributed by atoms with E-state index in [2.05, 4.69) is 20.9 Å². The van der Waals surface area contributed by atoms with E-state index in [4.69, 9.17) is 43.4 Å². The molecule has 0 unspecified atom stereocenters. The lowest BCUT2D eigenvalue weighted by atomic mass is 10.0. The van der Waals surface area contributed by atoms with Gasteiger partial charge < -0.3 is 18.9 Å². The van der Waals surface area contributed by atoms with Gasteiger partial charge in [-0.05, 0) is 45.3 Å². The van der Waals surface area contributed by atoms with Gasteiger partial charge >= 0.3 is 0 Å². The van der Waals surface area contributed by atoms with Crippen LogP contribution >= 0.6 is 24.4 Å². The molecule has 0 N–H and O–H groups in total. The topological polar surface area (TPSA) is 142 Å². The molecule has 32 heavy (non-hydrogen) atoms. The van der Waals surface area contributed by atoms with E-state index in [-0.39, 0.29) is 48.7 Å². The Hall–Kier alpha value is -2.24. The van der Waals surface area contributed by atoms with Gasteiger partial charge in [0.2, 0.25) is 22.1 Å². The molecule has 0 aliphatic carbocycles. The number of aromatic nitrogens is 8. The van der Waals surface area contributed by atoms with Gasteiger partial charge in [-0.15, -0.1) is 0 Å². The molecule has 6 atom stereocenters. The Bertz CT molecular complexity index is 1110. The minimum absolute atomic E-state index is 0.132. The third-order valence-corrected chi connectivity index (χ3v) is 6.89. The van der Waals surface area contributed by atoms with Crippen molar-refractivity contribution in [1.29, 1.82) is 0 Å². The highest BCUT2D eigenvalue weighted by Gasteiger charge is 2.46. The first-order valence-corrected chi connectivity index (χ1v) is 11.0. The van der Waals surface area contributed by atoms with E-state index in [0.717, 1.165) is 0 Å². The van der Waals surface area contributed by atoms with E-state index in [1.54, 1.807) is 0 Å². The summed E-state index contributed by atoms with van der Waals surface area (Å²) in [4.78, 5) is 24.2. The Balaban J connectivity index is 1.17. The van der Waals surface area contributed by atoms with Gasteiger partial charge in [-0.1, -0.05) is 0 Å². The summed E-state index contributed by atoms with van der Waals surface area (Å²) in [6.45, 7) is 1.31. The lowest BCUT2D eigenvalue weighted by Gasteiger charge is -2.25. The highest BCUT2D eigenvalue weighted by atomic mass is 32.1. The lowest BCUT2D eigenvalue weighted by molar-refractivity contribution is -0.156. The summed E-state index contributed by atoms with van der Waals surface area (Å²) in [5.74, 6) is -0.264. The van der Waals surface area contributed by atoms with E-state index >= 15 is 0 Å². The van der Waals surface area contributed by atoms with E-state index in [1.165, 1.54) is 18.7 Å². The summed E-state index contributed by atoms with van der Waals surface area (Å²) in [7, 11) is 0. The van der Waals surface area contributed by atoms with Crippen molar-refractivity contribution in [1.82, 2.24) is 39.6 Å². The molecule has 6 rings (SSSR count). The summed E-state index contributed by atoms with van der Waals surface area (Å²) in [6, 6.07) is -0.710. The van der Waals surface area contributed by atoms with Crippen molar-refractivity contribution < 1.29 is 28.5 Å². The summed E-state index contributed by atoms with van der Waals surface area (Å²) >= 11 is 11.0. The first-order chi connectivity index (χ1) is 15.5. The first kappa shape index (κ1) is 20.4. The molecule has 0 radical (unpaired) electrons. The van der Waals surface area contributed by atoms with Gasteiger partial charge in [0.05, 0.1) is 38.4 Å². The van der Waals surface area contributed by atoms with Crippen LogP contribution in [0.5, 0.6) is 0 Å². The zero-order valence-electron chi connectivity index (χ0n) is 16.6. The molecule has 2 aromatic rings. The van der Waals surface area contributed by atoms with Gasteiger partial charge in [0.1, 0.15) is 12.2 Å². The number of fused-ring (bicyclic) bond motifs is 4. The molecule has 2 aromatic heterocycles. The number of nitrogens with zero attached hydrogens (tertiary/aromatic N) is 8. The zero-order chi connectivity index (χ0) is 22.0. The summed E-state index contributed by atoms with van der Waals surface area (Å²) in [5.41, 5.74) is 0. The predicted molar refractivity (Wildman–Crippen MR) is 104 cm³/mol. The molecule has 4 aliphatic heterocycles. The number of carbonyl (C=O) groups is 2. The van der Waals surface area contributed by atoms with Crippen molar-refractivity contribution in [3.63, 3.8) is 0 Å². The third-order valence-electron chi connectivity index (χ3n) is 6.10. The molecule has 0 spiro atoms. The van der Waals surface area contributed by atoms with Gasteiger partial charge in [0.25, 0.3) is 0 Å². The molecule has 4 aliphatic rings. The van der Waals surface area contributed by atoms with Gasteiger partial charge in [-0.2, -0.15) is 0 Å². The fraction of sp³-hybridized carbons (Fsp3) is 0.750. The summed E-state index contributed by atoms with van der Waals surface area (Å²) in [5, 5.41) is 16.5. The maximum Gasteiger partial charge on any atom is 0.218 e. The fourth-order valence-electron chi connectivity index (χ4n) is 4.39. The average Bonchev–Trinajstić information content (AvgIpc) is 3.55. The number of rotatable bonds is 5. The molecule has 170 valence electrons. The second-order valence-corrected chi connectivity index (χ2v) is 8.74. The second-order valence-electron chi connectivity index (χ2n) is 8.01. The van der Waals surface area contributed by atoms with Gasteiger partial charge in [-0.3, -0.25) is 9.59 Å². The minimum Gasteiger partial charge on any atom is -0.343 e. The van der Waals surface area contributed by atoms with E-state index in [1.807, 2.05) is 0 Å². The molecule has 6 heterocycles. The van der Waals surface area contributed by atoms with Crippen LogP contribution in [0.25, 0.3) is 0 Å². The van der Waals surface area contributed by atoms with Crippen LogP contribution in [0.3, 0.4) is 0 Å². The molecular formula is C16H18N8O6S2. The van der Waals surface area contributed by atoms with Crippen molar-refractivity contribution in [2.24, 2.45) is 0 Å². The van der Waals surface area contributed by atoms with Crippen molar-refractivity contribution in [3.05, 3.63) is 9.54 Å². The Labute approximate surface area is 189 Å². The van der Waals surface area contributed by atoms with Crippen LogP contribution in [-0.4, -0.2) is 89.1 Å². The van der Waals surface area contributed by atoms with Crippen LogP contribution < -0.4 is 0 Å². The van der Waals surface area contributed by atoms with Crippen LogP contribution in [0.4, 0.5) is 0 Å². The number of ether oxygens (including phenoxy) is 4. The highest BCUT2D eigenvalue weighted by molar-refractivity contribution is 7.71. The first-order valence-electron chi connectivity index (χ1n) is 10.1. The molecule has 4 saturated heterocycles. The number of Topliss-reactive ketones (excluding diaryl/α,β-unsaturated/α-hetero) is 2. The maximum atomic E-state index is 12.1. The molecule has 14 nitrogen and oxygen atoms in total. The van der Waals surface area contributed by atoms with Crippen molar-refractivity contribution >= 4 is 36.0 Å². The van der Waals surface area contributed by atoms with E-state index in [9.17, 15) is 9.59 Å². The Morgan fingerprint density at radius 3 is 1.62 bits per heavy atom. The molecule has 16 heteroatoms. The molecule has 0 saturated carbocycles. The zero-order valence-corrected chi connectivity index (χ0v) is 18.2. The number of aryl methyl sites for hydroxylation is 2. The van der Waals surface area contributed by atoms with E-state index in [0.29, 0.717) is 35.8 Å². The number of carbonyl (C=O) groups excluding carboxylic acids is 2. The highest BCUT2D eigenvalue weighted by Crippen LogP contribution is 2.33. The normalized spacial score (nSPS) is 33.9. The summed E-state index contributed by atoms with van der Waals surface area (Å²) in [6.07, 6.45) is -1.68. The Morgan fingerprint density at radius 2 is 1.19 bits per heavy atom. The standard InChI is InChI=1S/C16H18N8O6S2/c25-9-3-7(11-5-27-13(9)29-11)23-15(31)21(17-19-23)1-2-22-16(32)24(20-18-22)8-4-10(26)14-28-6-12(8)30-14/h7-8,11-14H,1-6H2/t7-,8-,11-,12+,13-,14-/m1/s1. The number of tetrazole rings is 2. The van der Waals surface area contributed by atoms with Crippen LogP contribution in [0, 0.1) is 9.54 Å². The van der Waals surface area contributed by atoms with E-state index < -0.39 is 12.6 Å². The van der Waals surface area contributed by atoms with Crippen molar-refractivity contribution in [2.75, 3.05) is 13.2 Å². The molecule has 0 amide bonds.